The molecule has 148 valence electrons. The number of nitrogens with one attached hydrogen (secondary N) is 1. The van der Waals surface area contributed by atoms with Gasteiger partial charge in [-0.1, -0.05) is 0 Å². The monoisotopic (exact) mass is 385 g/mol. The van der Waals surface area contributed by atoms with E-state index < -0.39 is 17.3 Å². The molecule has 28 heavy (non-hydrogen) atoms. The largest absolute Gasteiger partial charge is 0.477 e. The Balaban J connectivity index is 1.71. The molecular weight excluding hydrogens is 361 g/mol. The van der Waals surface area contributed by atoms with Crippen LogP contribution >= 0.6 is 0 Å². The van der Waals surface area contributed by atoms with Crippen molar-refractivity contribution in [1.29, 1.82) is 0 Å². The fourth-order valence-electron chi connectivity index (χ4n) is 5.30. The Morgan fingerprint density at radius 1 is 1.39 bits per heavy atom. The first kappa shape index (κ1) is 17.8. The van der Waals surface area contributed by atoms with Crippen LogP contribution in [0.3, 0.4) is 0 Å². The third-order valence-corrected chi connectivity index (χ3v) is 6.86. The van der Waals surface area contributed by atoms with E-state index >= 15 is 4.39 Å². The van der Waals surface area contributed by atoms with Crippen molar-refractivity contribution in [2.24, 2.45) is 11.1 Å². The second kappa shape index (κ2) is 5.87. The molecule has 1 spiro atoms. The summed E-state index contributed by atoms with van der Waals surface area (Å²) in [5, 5.41) is 12.8. The van der Waals surface area contributed by atoms with Gasteiger partial charge >= 0.3 is 5.97 Å². The first-order chi connectivity index (χ1) is 13.3. The van der Waals surface area contributed by atoms with Crippen molar-refractivity contribution in [1.82, 2.24) is 9.72 Å². The molecule has 3 atom stereocenters. The molecule has 1 aliphatic heterocycles. The summed E-state index contributed by atoms with van der Waals surface area (Å²) in [6.45, 7) is 3.48. The Kier molecular flexibility index (Phi) is 3.74. The van der Waals surface area contributed by atoms with E-state index in [1.165, 1.54) is 16.7 Å². The quantitative estimate of drug-likeness (QED) is 0.752. The van der Waals surface area contributed by atoms with Gasteiger partial charge in [0.15, 0.2) is 0 Å². The number of fused-ring (bicyclic) bond motifs is 1. The van der Waals surface area contributed by atoms with Crippen LogP contribution in [0.1, 0.15) is 64.6 Å². The summed E-state index contributed by atoms with van der Waals surface area (Å²) in [7, 11) is 0. The van der Waals surface area contributed by atoms with E-state index in [0.29, 0.717) is 11.1 Å². The fraction of sp³-hybridized carbons (Fsp3) is 0.524. The number of carboxylic acid groups (broad SMARTS) is 1. The number of halogens is 1. The number of hydrogen-bond donors (Lipinski definition) is 3. The zero-order chi connectivity index (χ0) is 19.8. The van der Waals surface area contributed by atoms with Crippen LogP contribution in [0.4, 0.5) is 4.39 Å². The van der Waals surface area contributed by atoms with E-state index in [0.717, 1.165) is 49.9 Å². The molecule has 0 amide bonds. The zero-order valence-corrected chi connectivity index (χ0v) is 15.8. The maximum absolute atomic E-state index is 15.2. The molecule has 3 unspecified atom stereocenters. The van der Waals surface area contributed by atoms with Crippen LogP contribution in [0.2, 0.25) is 0 Å². The molecule has 2 saturated carbocycles. The zero-order valence-electron chi connectivity index (χ0n) is 15.8. The van der Waals surface area contributed by atoms with Crippen molar-refractivity contribution < 1.29 is 14.3 Å². The Morgan fingerprint density at radius 2 is 2.14 bits per heavy atom. The maximum Gasteiger partial charge on any atom is 0.341 e. The molecular formula is C21H24FN3O3. The van der Waals surface area contributed by atoms with Gasteiger partial charge in [0, 0.05) is 25.3 Å². The van der Waals surface area contributed by atoms with Crippen LogP contribution in [0.15, 0.2) is 17.1 Å². The Morgan fingerprint density at radius 3 is 2.79 bits per heavy atom. The maximum atomic E-state index is 15.2. The molecule has 5 rings (SSSR count). The average Bonchev–Trinajstić information content (AvgIpc) is 3.54. The summed E-state index contributed by atoms with van der Waals surface area (Å²) in [5.41, 5.74) is 8.12. The highest BCUT2D eigenvalue weighted by molar-refractivity contribution is 5.88. The minimum Gasteiger partial charge on any atom is -0.477 e. The van der Waals surface area contributed by atoms with Gasteiger partial charge in [-0.05, 0) is 72.6 Å². The summed E-state index contributed by atoms with van der Waals surface area (Å²) < 4.78 is 16.4. The number of carboxylic acids is 1. The summed E-state index contributed by atoms with van der Waals surface area (Å²) in [6, 6.07) is 1.58. The molecule has 7 heteroatoms. The minimum atomic E-state index is -1.27. The van der Waals surface area contributed by atoms with Gasteiger partial charge in [-0.2, -0.15) is 0 Å². The van der Waals surface area contributed by atoms with Gasteiger partial charge < -0.3 is 16.2 Å². The number of nitrogens with zero attached hydrogens (tertiary/aromatic N) is 1. The summed E-state index contributed by atoms with van der Waals surface area (Å²) >= 11 is 0. The Bertz CT molecular complexity index is 1070. The van der Waals surface area contributed by atoms with E-state index in [-0.39, 0.29) is 28.9 Å². The van der Waals surface area contributed by atoms with Crippen LogP contribution in [0.25, 0.3) is 5.52 Å². The van der Waals surface area contributed by atoms with Crippen LogP contribution in [0, 0.1) is 18.2 Å². The van der Waals surface area contributed by atoms with E-state index in [1.54, 1.807) is 0 Å². The molecule has 3 fully saturated rings. The lowest BCUT2D eigenvalue weighted by Gasteiger charge is -2.29. The Labute approximate surface area is 161 Å². The molecule has 4 N–H and O–H groups in total. The van der Waals surface area contributed by atoms with Crippen molar-refractivity contribution in [3.8, 4) is 0 Å². The van der Waals surface area contributed by atoms with Gasteiger partial charge in [-0.25, -0.2) is 9.18 Å². The van der Waals surface area contributed by atoms with Crippen LogP contribution in [-0.4, -0.2) is 34.6 Å². The molecule has 1 saturated heterocycles. The lowest BCUT2D eigenvalue weighted by Crippen LogP contribution is -2.45. The highest BCUT2D eigenvalue weighted by atomic mass is 19.1. The molecule has 3 heterocycles. The number of pyridine rings is 2. The van der Waals surface area contributed by atoms with Crippen molar-refractivity contribution in [3.63, 3.8) is 0 Å². The minimum absolute atomic E-state index is 0.0113. The number of rotatable bonds is 3. The van der Waals surface area contributed by atoms with Gasteiger partial charge in [-0.3, -0.25) is 9.20 Å². The molecule has 0 radical (unpaired) electrons. The second-order valence-electron chi connectivity index (χ2n) is 8.85. The van der Waals surface area contributed by atoms with Gasteiger partial charge in [0.2, 0.25) is 0 Å². The van der Waals surface area contributed by atoms with Gasteiger partial charge in [0.05, 0.1) is 5.52 Å². The summed E-state index contributed by atoms with van der Waals surface area (Å²) in [6.07, 6.45) is 4.88. The molecule has 3 aliphatic rings. The molecule has 0 aromatic carbocycles. The molecule has 2 aromatic rings. The number of piperidine rings is 1. The van der Waals surface area contributed by atoms with Gasteiger partial charge in [-0.15, -0.1) is 0 Å². The third-order valence-electron chi connectivity index (χ3n) is 6.86. The van der Waals surface area contributed by atoms with E-state index in [1.807, 2.05) is 6.92 Å². The molecule has 2 aliphatic carbocycles. The SMILES string of the molecule is Cc1c(C2CC23CNCC(N)C3)c(F)cn2c(=O)c(C(=O)O)cc(C3CC3)c12. The number of aryl methyl sites for hydroxylation is 1. The third kappa shape index (κ3) is 2.53. The lowest BCUT2D eigenvalue weighted by atomic mass is 9.87. The number of aromatic nitrogens is 1. The van der Waals surface area contributed by atoms with E-state index in [4.69, 9.17) is 5.73 Å². The predicted molar refractivity (Wildman–Crippen MR) is 103 cm³/mol. The Hall–Kier alpha value is -2.25. The number of aromatic carboxylic acids is 1. The van der Waals surface area contributed by atoms with Gasteiger partial charge in [0.1, 0.15) is 11.4 Å². The molecule has 2 aromatic heterocycles. The summed E-state index contributed by atoms with van der Waals surface area (Å²) in [5.74, 6) is -1.38. The van der Waals surface area contributed by atoms with Crippen LogP contribution < -0.4 is 16.6 Å². The topological polar surface area (TPSA) is 96.8 Å². The number of nitrogens with two attached hydrogens (primary N) is 1. The second-order valence-corrected chi connectivity index (χ2v) is 8.85. The van der Waals surface area contributed by atoms with Crippen molar-refractivity contribution in [2.45, 2.75) is 50.5 Å². The highest BCUT2D eigenvalue weighted by Crippen LogP contribution is 2.63. The normalized spacial score (nSPS) is 29.4. The molecule has 6 nitrogen and oxygen atoms in total. The van der Waals surface area contributed by atoms with Crippen LogP contribution in [-0.2, 0) is 0 Å². The van der Waals surface area contributed by atoms with Crippen molar-refractivity contribution in [2.75, 3.05) is 13.1 Å². The summed E-state index contributed by atoms with van der Waals surface area (Å²) in [4.78, 5) is 24.2. The smallest absolute Gasteiger partial charge is 0.341 e. The fourth-order valence-corrected chi connectivity index (χ4v) is 5.30. The highest BCUT2D eigenvalue weighted by Gasteiger charge is 2.57. The van der Waals surface area contributed by atoms with E-state index in [2.05, 4.69) is 5.32 Å². The lowest BCUT2D eigenvalue weighted by molar-refractivity contribution is 0.0694. The number of carbonyl (C=O) groups is 1. The van der Waals surface area contributed by atoms with E-state index in [9.17, 15) is 14.7 Å². The first-order valence-corrected chi connectivity index (χ1v) is 9.90. The van der Waals surface area contributed by atoms with Gasteiger partial charge in [0.25, 0.3) is 5.56 Å². The average molecular weight is 385 g/mol. The van der Waals surface area contributed by atoms with Crippen LogP contribution in [0.5, 0.6) is 0 Å². The van der Waals surface area contributed by atoms with Crippen molar-refractivity contribution in [3.05, 3.63) is 50.7 Å². The predicted octanol–water partition coefficient (Wildman–Crippen LogP) is 2.12. The molecule has 0 bridgehead atoms. The first-order valence-electron chi connectivity index (χ1n) is 9.90. The number of hydrogen-bond acceptors (Lipinski definition) is 4. The standard InChI is InChI=1S/C21H24FN3O3/c1-10-17(15-6-21(15)5-12(23)7-24-9-21)16(22)8-25-18(10)13(11-2-3-11)4-14(19(25)26)20(27)28/h4,8,11-12,15,24H,2-3,5-7,9,23H2,1H3,(H,27,28). The van der Waals surface area contributed by atoms with Crippen molar-refractivity contribution >= 4 is 11.5 Å².